The Hall–Kier alpha value is -1.07. The molecule has 20 heavy (non-hydrogen) atoms. The molecule has 1 aliphatic carbocycles. The monoisotopic (exact) mass is 297 g/mol. The van der Waals surface area contributed by atoms with E-state index in [2.05, 4.69) is 11.6 Å². The van der Waals surface area contributed by atoms with E-state index in [-0.39, 0.29) is 10.6 Å². The Morgan fingerprint density at radius 1 is 1.30 bits per heavy atom. The Kier molecular flexibility index (Phi) is 5.05. The third-order valence-corrected chi connectivity index (χ3v) is 5.55. The van der Waals surface area contributed by atoms with Gasteiger partial charge in [-0.05, 0) is 36.8 Å². The molecule has 5 heteroatoms. The molecule has 0 aliphatic heterocycles. The minimum absolute atomic E-state index is 0.0444. The molecule has 1 aromatic carbocycles. The van der Waals surface area contributed by atoms with Crippen LogP contribution in [0.5, 0.6) is 5.75 Å². The second kappa shape index (κ2) is 6.59. The smallest absolute Gasteiger partial charge is 0.244 e. The third kappa shape index (κ3) is 3.96. The van der Waals surface area contributed by atoms with E-state index >= 15 is 0 Å². The number of para-hydroxylation sites is 1. The minimum Gasteiger partial charge on any atom is -0.507 e. The number of aromatic hydroxyl groups is 1. The predicted octanol–water partition coefficient (Wildman–Crippen LogP) is 2.89. The lowest BCUT2D eigenvalue weighted by Gasteiger charge is -2.26. The molecule has 2 atom stereocenters. The highest BCUT2D eigenvalue weighted by molar-refractivity contribution is 7.89. The molecular formula is C15H23NO3S. The first kappa shape index (κ1) is 15.3. The zero-order chi connectivity index (χ0) is 14.6. The van der Waals surface area contributed by atoms with E-state index in [9.17, 15) is 13.5 Å². The van der Waals surface area contributed by atoms with Crippen LogP contribution in [0.4, 0.5) is 0 Å². The van der Waals surface area contributed by atoms with Gasteiger partial charge in [0.1, 0.15) is 10.6 Å². The summed E-state index contributed by atoms with van der Waals surface area (Å²) in [5.41, 5.74) is 0. The van der Waals surface area contributed by atoms with Crippen LogP contribution >= 0.6 is 0 Å². The molecule has 1 aromatic rings. The number of rotatable bonds is 5. The molecule has 0 aromatic heterocycles. The van der Waals surface area contributed by atoms with Gasteiger partial charge in [0.15, 0.2) is 0 Å². The van der Waals surface area contributed by atoms with Crippen molar-refractivity contribution in [2.24, 2.45) is 11.8 Å². The van der Waals surface area contributed by atoms with Gasteiger partial charge >= 0.3 is 0 Å². The molecule has 0 radical (unpaired) electrons. The number of phenolic OH excluding ortho intramolecular Hbond substituents is 1. The molecule has 0 bridgehead atoms. The molecule has 2 N–H and O–H groups in total. The van der Waals surface area contributed by atoms with Crippen LogP contribution in [0.3, 0.4) is 0 Å². The predicted molar refractivity (Wildman–Crippen MR) is 79.0 cm³/mol. The fraction of sp³-hybridized carbons (Fsp3) is 0.600. The van der Waals surface area contributed by atoms with Gasteiger partial charge in [0, 0.05) is 6.54 Å². The number of phenols is 1. The molecule has 2 rings (SSSR count). The lowest BCUT2D eigenvalue weighted by molar-refractivity contribution is 0.271. The number of hydrogen-bond donors (Lipinski definition) is 2. The number of hydrogen-bond acceptors (Lipinski definition) is 3. The molecule has 1 aliphatic rings. The summed E-state index contributed by atoms with van der Waals surface area (Å²) in [6.45, 7) is 2.70. The highest BCUT2D eigenvalue weighted by Crippen LogP contribution is 2.30. The first-order valence-electron chi connectivity index (χ1n) is 7.26. The summed E-state index contributed by atoms with van der Waals surface area (Å²) in [7, 11) is -3.61. The van der Waals surface area contributed by atoms with Gasteiger partial charge in [0.2, 0.25) is 10.0 Å². The fourth-order valence-corrected chi connectivity index (χ4v) is 4.12. The highest BCUT2D eigenvalue weighted by atomic mass is 32.2. The van der Waals surface area contributed by atoms with Crippen molar-refractivity contribution in [3.8, 4) is 5.75 Å². The number of nitrogens with one attached hydrogen (secondary N) is 1. The van der Waals surface area contributed by atoms with Crippen LogP contribution < -0.4 is 4.72 Å². The fourth-order valence-electron chi connectivity index (χ4n) is 2.98. The van der Waals surface area contributed by atoms with Gasteiger partial charge in [-0.1, -0.05) is 38.3 Å². The first-order chi connectivity index (χ1) is 9.49. The lowest BCUT2D eigenvalue weighted by atomic mass is 9.81. The quantitative estimate of drug-likeness (QED) is 0.878. The summed E-state index contributed by atoms with van der Waals surface area (Å²) in [6, 6.07) is 6.02. The molecule has 112 valence electrons. The van der Waals surface area contributed by atoms with Gasteiger partial charge in [0.25, 0.3) is 0 Å². The van der Waals surface area contributed by atoms with Crippen LogP contribution in [0.15, 0.2) is 29.2 Å². The molecule has 1 saturated carbocycles. The van der Waals surface area contributed by atoms with Crippen LogP contribution in [-0.4, -0.2) is 20.1 Å². The SMILES string of the molecule is CC1CCCC(CCNS(=O)(=O)c2ccccc2O)C1. The zero-order valence-electron chi connectivity index (χ0n) is 11.9. The summed E-state index contributed by atoms with van der Waals surface area (Å²) in [5, 5.41) is 9.61. The Morgan fingerprint density at radius 3 is 2.75 bits per heavy atom. The van der Waals surface area contributed by atoms with Crippen molar-refractivity contribution >= 4 is 10.0 Å². The van der Waals surface area contributed by atoms with Gasteiger partial charge < -0.3 is 5.11 Å². The molecule has 0 amide bonds. The molecular weight excluding hydrogens is 274 g/mol. The average Bonchev–Trinajstić information content (AvgIpc) is 2.39. The topological polar surface area (TPSA) is 66.4 Å². The molecule has 0 saturated heterocycles. The summed E-state index contributed by atoms with van der Waals surface area (Å²) < 4.78 is 26.8. The summed E-state index contributed by atoms with van der Waals surface area (Å²) in [4.78, 5) is -0.0444. The average molecular weight is 297 g/mol. The van der Waals surface area contributed by atoms with E-state index in [1.807, 2.05) is 0 Å². The highest BCUT2D eigenvalue weighted by Gasteiger charge is 2.21. The molecule has 2 unspecified atom stereocenters. The van der Waals surface area contributed by atoms with Gasteiger partial charge in [-0.15, -0.1) is 0 Å². The molecule has 0 spiro atoms. The van der Waals surface area contributed by atoms with Gasteiger partial charge in [-0.3, -0.25) is 0 Å². The maximum absolute atomic E-state index is 12.1. The van der Waals surface area contributed by atoms with Gasteiger partial charge in [-0.25, -0.2) is 13.1 Å². The summed E-state index contributed by atoms with van der Waals surface area (Å²) in [6.07, 6.45) is 5.80. The maximum Gasteiger partial charge on any atom is 0.244 e. The molecule has 0 heterocycles. The van der Waals surface area contributed by atoms with E-state index in [1.54, 1.807) is 12.1 Å². The lowest BCUT2D eigenvalue weighted by Crippen LogP contribution is -2.27. The van der Waals surface area contributed by atoms with E-state index < -0.39 is 10.0 Å². The van der Waals surface area contributed by atoms with Crippen LogP contribution in [0, 0.1) is 11.8 Å². The van der Waals surface area contributed by atoms with Gasteiger partial charge in [0.05, 0.1) is 0 Å². The van der Waals surface area contributed by atoms with E-state index in [4.69, 9.17) is 0 Å². The van der Waals surface area contributed by atoms with Crippen molar-refractivity contribution in [3.05, 3.63) is 24.3 Å². The van der Waals surface area contributed by atoms with Crippen LogP contribution in [0.1, 0.15) is 39.0 Å². The Balaban J connectivity index is 1.88. The van der Waals surface area contributed by atoms with Crippen LogP contribution in [0.2, 0.25) is 0 Å². The molecule has 1 fully saturated rings. The van der Waals surface area contributed by atoms with E-state index in [0.29, 0.717) is 12.5 Å². The van der Waals surface area contributed by atoms with Crippen molar-refractivity contribution < 1.29 is 13.5 Å². The summed E-state index contributed by atoms with van der Waals surface area (Å²) in [5.74, 6) is 1.17. The second-order valence-electron chi connectivity index (χ2n) is 5.79. The number of benzene rings is 1. The normalized spacial score (nSPS) is 23.6. The van der Waals surface area contributed by atoms with E-state index in [0.717, 1.165) is 12.3 Å². The Morgan fingerprint density at radius 2 is 2.05 bits per heavy atom. The zero-order valence-corrected chi connectivity index (χ0v) is 12.7. The van der Waals surface area contributed by atoms with Crippen molar-refractivity contribution in [1.29, 1.82) is 0 Å². The standard InChI is InChI=1S/C15H23NO3S/c1-12-5-4-6-13(11-12)9-10-16-20(18,19)15-8-3-2-7-14(15)17/h2-3,7-8,12-13,16-17H,4-6,9-11H2,1H3. The van der Waals surface area contributed by atoms with Crippen LogP contribution in [-0.2, 0) is 10.0 Å². The maximum atomic E-state index is 12.1. The molecule has 4 nitrogen and oxygen atoms in total. The van der Waals surface area contributed by atoms with Crippen molar-refractivity contribution in [1.82, 2.24) is 4.72 Å². The summed E-state index contributed by atoms with van der Waals surface area (Å²) >= 11 is 0. The Bertz CT molecular complexity index is 542. The minimum atomic E-state index is -3.61. The second-order valence-corrected chi connectivity index (χ2v) is 7.53. The van der Waals surface area contributed by atoms with Crippen LogP contribution in [0.25, 0.3) is 0 Å². The number of sulfonamides is 1. The third-order valence-electron chi connectivity index (χ3n) is 4.04. The van der Waals surface area contributed by atoms with E-state index in [1.165, 1.54) is 37.8 Å². The Labute approximate surface area is 121 Å². The van der Waals surface area contributed by atoms with Gasteiger partial charge in [-0.2, -0.15) is 0 Å². The first-order valence-corrected chi connectivity index (χ1v) is 8.75. The largest absolute Gasteiger partial charge is 0.507 e. The van der Waals surface area contributed by atoms with Crippen molar-refractivity contribution in [2.45, 2.75) is 43.9 Å². The van der Waals surface area contributed by atoms with Crippen molar-refractivity contribution in [3.63, 3.8) is 0 Å². The van der Waals surface area contributed by atoms with Crippen molar-refractivity contribution in [2.75, 3.05) is 6.54 Å².